The number of fused-ring (bicyclic) bond motifs is 10. The van der Waals surface area contributed by atoms with Gasteiger partial charge in [-0.15, -0.1) is 0 Å². The fourth-order valence-electron chi connectivity index (χ4n) is 9.56. The Morgan fingerprint density at radius 3 is 1.41 bits per heavy atom. The summed E-state index contributed by atoms with van der Waals surface area (Å²) in [5.74, 6) is 1.99. The van der Waals surface area contributed by atoms with Gasteiger partial charge in [0, 0.05) is 72.3 Å². The molecule has 2 aliphatic rings. The minimum atomic E-state index is -0.312. The van der Waals surface area contributed by atoms with E-state index in [2.05, 4.69) is 195 Å². The summed E-state index contributed by atoms with van der Waals surface area (Å²) >= 11 is 0. The van der Waals surface area contributed by atoms with Crippen LogP contribution in [0.1, 0.15) is 49.9 Å². The normalized spacial score (nSPS) is 14.4. The number of hydrogen-bond acceptors (Lipinski definition) is 4. The van der Waals surface area contributed by atoms with Crippen molar-refractivity contribution < 1.29 is 8.83 Å². The molecule has 0 atom stereocenters. The van der Waals surface area contributed by atoms with Crippen LogP contribution in [0.15, 0.2) is 179 Å². The Bertz CT molecular complexity index is 2930. The zero-order valence-electron chi connectivity index (χ0n) is 31.9. The maximum atomic E-state index is 7.08. The standard InChI is InChI=1S/C52H40N2O2/c1-51(2)42-31-36(53(33-17-8-5-9-18-33)34-19-10-6-11-20-34)27-29-40(42)49-46(51)47-50(56-49)41-30-28-37(32-43(41)52(47,3)4)54(35-21-12-7-13-22-35)44-25-16-24-39-38-23-14-15-26-45(38)55-48(39)44/h5-32H,1-4H3. The lowest BCUT2D eigenvalue weighted by Crippen LogP contribution is -2.23. The molecule has 0 radical (unpaired) electrons. The van der Waals surface area contributed by atoms with Crippen LogP contribution < -0.4 is 9.80 Å². The van der Waals surface area contributed by atoms with Crippen molar-refractivity contribution in [3.05, 3.63) is 192 Å². The van der Waals surface area contributed by atoms with Gasteiger partial charge in [-0.1, -0.05) is 113 Å². The van der Waals surface area contributed by atoms with Crippen molar-refractivity contribution in [1.29, 1.82) is 0 Å². The number of benzene rings is 7. The highest BCUT2D eigenvalue weighted by atomic mass is 16.3. The Hall–Kier alpha value is -6.78. The summed E-state index contributed by atoms with van der Waals surface area (Å²) in [6.07, 6.45) is 0. The molecule has 4 heteroatoms. The molecule has 0 spiro atoms. The lowest BCUT2D eigenvalue weighted by molar-refractivity contribution is 0.592. The lowest BCUT2D eigenvalue weighted by atomic mass is 9.74. The Kier molecular flexibility index (Phi) is 6.91. The Morgan fingerprint density at radius 2 is 0.857 bits per heavy atom. The average Bonchev–Trinajstić information content (AvgIpc) is 3.93. The molecular weight excluding hydrogens is 685 g/mol. The first kappa shape index (κ1) is 32.6. The molecule has 7 aromatic carbocycles. The first-order valence-electron chi connectivity index (χ1n) is 19.4. The molecule has 0 N–H and O–H groups in total. The molecule has 56 heavy (non-hydrogen) atoms. The maximum Gasteiger partial charge on any atom is 0.159 e. The van der Waals surface area contributed by atoms with Crippen molar-refractivity contribution in [2.75, 3.05) is 9.80 Å². The largest absolute Gasteiger partial charge is 0.455 e. The van der Waals surface area contributed by atoms with Crippen LogP contribution in [0.4, 0.5) is 34.1 Å². The topological polar surface area (TPSA) is 32.8 Å². The summed E-state index contributed by atoms with van der Waals surface area (Å²) in [7, 11) is 0. The Balaban J connectivity index is 1.03. The van der Waals surface area contributed by atoms with Crippen LogP contribution in [0.25, 0.3) is 44.6 Å². The molecule has 2 heterocycles. The van der Waals surface area contributed by atoms with E-state index >= 15 is 0 Å². The Labute approximate surface area is 326 Å². The van der Waals surface area contributed by atoms with Gasteiger partial charge in [0.1, 0.15) is 17.1 Å². The molecule has 9 aromatic rings. The highest BCUT2D eigenvalue weighted by Crippen LogP contribution is 2.62. The molecule has 0 amide bonds. The third-order valence-electron chi connectivity index (χ3n) is 12.2. The predicted molar refractivity (Wildman–Crippen MR) is 230 cm³/mol. The lowest BCUT2D eigenvalue weighted by Gasteiger charge is -2.30. The molecule has 0 unspecified atom stereocenters. The van der Waals surface area contributed by atoms with Crippen LogP contribution in [-0.4, -0.2) is 0 Å². The van der Waals surface area contributed by atoms with Crippen molar-refractivity contribution in [1.82, 2.24) is 0 Å². The van der Waals surface area contributed by atoms with Gasteiger partial charge in [0.25, 0.3) is 0 Å². The smallest absolute Gasteiger partial charge is 0.159 e. The van der Waals surface area contributed by atoms with Gasteiger partial charge in [-0.3, -0.25) is 0 Å². The van der Waals surface area contributed by atoms with Crippen LogP contribution in [-0.2, 0) is 10.8 Å². The van der Waals surface area contributed by atoms with Crippen molar-refractivity contribution in [2.24, 2.45) is 0 Å². The van der Waals surface area contributed by atoms with E-state index in [-0.39, 0.29) is 10.8 Å². The van der Waals surface area contributed by atoms with Gasteiger partial charge in [0.05, 0.1) is 5.69 Å². The third-order valence-corrected chi connectivity index (χ3v) is 12.2. The predicted octanol–water partition coefficient (Wildman–Crippen LogP) is 14.7. The van der Waals surface area contributed by atoms with Crippen LogP contribution in [0.3, 0.4) is 0 Å². The summed E-state index contributed by atoms with van der Waals surface area (Å²) in [6.45, 7) is 9.45. The zero-order chi connectivity index (χ0) is 37.8. The van der Waals surface area contributed by atoms with Gasteiger partial charge < -0.3 is 18.6 Å². The second-order valence-corrected chi connectivity index (χ2v) is 16.1. The van der Waals surface area contributed by atoms with Gasteiger partial charge in [-0.05, 0) is 96.1 Å². The Morgan fingerprint density at radius 1 is 0.393 bits per heavy atom. The molecular formula is C52H40N2O2. The van der Waals surface area contributed by atoms with Crippen LogP contribution in [0.5, 0.6) is 0 Å². The average molecular weight is 725 g/mol. The number of hydrogen-bond donors (Lipinski definition) is 0. The highest BCUT2D eigenvalue weighted by molar-refractivity contribution is 6.10. The summed E-state index contributed by atoms with van der Waals surface area (Å²) in [5, 5.41) is 2.23. The fourth-order valence-corrected chi connectivity index (χ4v) is 9.56. The van der Waals surface area contributed by atoms with Crippen LogP contribution in [0.2, 0.25) is 0 Å². The van der Waals surface area contributed by atoms with Crippen molar-refractivity contribution in [3.63, 3.8) is 0 Å². The first-order chi connectivity index (χ1) is 27.3. The van der Waals surface area contributed by atoms with E-state index in [0.29, 0.717) is 0 Å². The molecule has 0 aliphatic heterocycles. The van der Waals surface area contributed by atoms with Gasteiger partial charge in [-0.25, -0.2) is 0 Å². The number of nitrogens with zero attached hydrogens (tertiary/aromatic N) is 2. The molecule has 0 bridgehead atoms. The number of furan rings is 2. The number of rotatable bonds is 6. The summed E-state index contributed by atoms with van der Waals surface area (Å²) in [5.41, 5.74) is 15.2. The van der Waals surface area contributed by atoms with Gasteiger partial charge >= 0.3 is 0 Å². The molecule has 11 rings (SSSR count). The summed E-state index contributed by atoms with van der Waals surface area (Å²) in [6, 6.07) is 60.3. The summed E-state index contributed by atoms with van der Waals surface area (Å²) < 4.78 is 13.7. The van der Waals surface area contributed by atoms with E-state index in [1.807, 2.05) is 12.1 Å². The van der Waals surface area contributed by atoms with Crippen molar-refractivity contribution in [2.45, 2.75) is 38.5 Å². The summed E-state index contributed by atoms with van der Waals surface area (Å²) in [4.78, 5) is 4.67. The van der Waals surface area contributed by atoms with Crippen molar-refractivity contribution in [3.8, 4) is 22.6 Å². The van der Waals surface area contributed by atoms with E-state index in [0.717, 1.165) is 73.1 Å². The second kappa shape index (κ2) is 11.9. The van der Waals surface area contributed by atoms with Gasteiger partial charge in [-0.2, -0.15) is 0 Å². The van der Waals surface area contributed by atoms with E-state index in [4.69, 9.17) is 8.83 Å². The van der Waals surface area contributed by atoms with Gasteiger partial charge in [0.15, 0.2) is 5.58 Å². The molecule has 270 valence electrons. The van der Waals surface area contributed by atoms with Crippen molar-refractivity contribution >= 4 is 56.1 Å². The molecule has 4 nitrogen and oxygen atoms in total. The van der Waals surface area contributed by atoms with E-state index in [1.165, 1.54) is 27.8 Å². The minimum Gasteiger partial charge on any atom is -0.455 e. The maximum absolute atomic E-state index is 7.08. The van der Waals surface area contributed by atoms with E-state index in [1.54, 1.807) is 0 Å². The molecule has 0 fully saturated rings. The van der Waals surface area contributed by atoms with Crippen LogP contribution >= 0.6 is 0 Å². The minimum absolute atomic E-state index is 0.286. The van der Waals surface area contributed by atoms with Gasteiger partial charge in [0.2, 0.25) is 0 Å². The number of anilines is 6. The SMILES string of the molecule is CC1(C)c2cc(N(c3ccccc3)c3ccccc3)ccc2-c2oc3c(c21)C(C)(C)c1cc(N(c2ccccc2)c2cccc4c2oc2ccccc24)ccc1-3. The van der Waals surface area contributed by atoms with E-state index in [9.17, 15) is 0 Å². The first-order valence-corrected chi connectivity index (χ1v) is 19.4. The zero-order valence-corrected chi connectivity index (χ0v) is 31.9. The quantitative estimate of drug-likeness (QED) is 0.171. The molecule has 0 saturated heterocycles. The molecule has 2 aromatic heterocycles. The highest BCUT2D eigenvalue weighted by Gasteiger charge is 2.50. The fraction of sp³-hybridized carbons (Fsp3) is 0.115. The molecule has 0 saturated carbocycles. The van der Waals surface area contributed by atoms with E-state index < -0.39 is 0 Å². The molecule has 2 aliphatic carbocycles. The van der Waals surface area contributed by atoms with Crippen LogP contribution in [0, 0.1) is 0 Å². The number of para-hydroxylation sites is 5. The monoisotopic (exact) mass is 724 g/mol. The third kappa shape index (κ3) is 4.59. The second-order valence-electron chi connectivity index (χ2n) is 16.1.